The van der Waals surface area contributed by atoms with E-state index < -0.39 is 5.97 Å². The molecule has 0 amide bonds. The summed E-state index contributed by atoms with van der Waals surface area (Å²) in [6.45, 7) is 4.56. The molecule has 4 heteroatoms. The average molecular weight is 417 g/mol. The summed E-state index contributed by atoms with van der Waals surface area (Å²) in [5, 5.41) is 2.13. The molecule has 4 rings (SSSR count). The van der Waals surface area contributed by atoms with Gasteiger partial charge in [0.1, 0.15) is 24.7 Å². The Morgan fingerprint density at radius 2 is 1.39 bits per heavy atom. The Labute approximate surface area is 183 Å². The number of ether oxygens (including phenoxy) is 3. The fourth-order valence-corrected chi connectivity index (χ4v) is 4.20. The predicted octanol–water partition coefficient (Wildman–Crippen LogP) is 5.45. The van der Waals surface area contributed by atoms with E-state index in [1.54, 1.807) is 0 Å². The van der Waals surface area contributed by atoms with Gasteiger partial charge in [-0.1, -0.05) is 61.2 Å². The molecule has 0 fully saturated rings. The molecule has 0 heterocycles. The summed E-state index contributed by atoms with van der Waals surface area (Å²) in [5.74, 6) is 1.46. The van der Waals surface area contributed by atoms with E-state index in [1.807, 2.05) is 18.2 Å². The van der Waals surface area contributed by atoms with Crippen LogP contribution in [0, 0.1) is 0 Å². The summed E-state index contributed by atoms with van der Waals surface area (Å²) in [7, 11) is 0. The first kappa shape index (κ1) is 21.0. The molecule has 1 aliphatic rings. The number of esters is 1. The van der Waals surface area contributed by atoms with Crippen molar-refractivity contribution in [3.8, 4) is 11.5 Å². The van der Waals surface area contributed by atoms with Gasteiger partial charge >= 0.3 is 5.97 Å². The van der Waals surface area contributed by atoms with Crippen LogP contribution in [-0.4, -0.2) is 25.8 Å². The van der Waals surface area contributed by atoms with Gasteiger partial charge in [-0.15, -0.1) is 0 Å². The minimum absolute atomic E-state index is 0.198. The van der Waals surface area contributed by atoms with Gasteiger partial charge in [0.15, 0.2) is 0 Å². The Hall–Kier alpha value is -3.27. The molecular formula is C27H28O4. The molecule has 0 N–H and O–H groups in total. The van der Waals surface area contributed by atoms with Crippen LogP contribution in [0.5, 0.6) is 11.5 Å². The molecule has 0 spiro atoms. The van der Waals surface area contributed by atoms with E-state index in [0.29, 0.717) is 13.2 Å². The van der Waals surface area contributed by atoms with E-state index in [-0.39, 0.29) is 6.61 Å². The standard InChI is InChI=1S/C27H28O4/c1-2-25(28)29-18-19-31-27-23-14-8-6-12-21(23)26(22-13-7-9-15-24(22)27)30-17-16-20-10-4-3-5-11-20/h2-6,8,10-12,14H,1,7,9,13,15-19H2. The monoisotopic (exact) mass is 416 g/mol. The van der Waals surface area contributed by atoms with Gasteiger partial charge in [-0.3, -0.25) is 0 Å². The van der Waals surface area contributed by atoms with Gasteiger partial charge < -0.3 is 14.2 Å². The number of hydrogen-bond donors (Lipinski definition) is 0. The molecule has 0 atom stereocenters. The second-order valence-corrected chi connectivity index (χ2v) is 7.67. The van der Waals surface area contributed by atoms with Gasteiger partial charge in [-0.25, -0.2) is 4.79 Å². The lowest BCUT2D eigenvalue weighted by atomic mass is 9.87. The number of carbonyl (C=O) groups excluding carboxylic acids is 1. The van der Waals surface area contributed by atoms with Crippen LogP contribution in [-0.2, 0) is 28.8 Å². The fraction of sp³-hybridized carbons (Fsp3) is 0.296. The molecule has 0 saturated carbocycles. The van der Waals surface area contributed by atoms with Crippen LogP contribution in [0.2, 0.25) is 0 Å². The Bertz CT molecular complexity index is 1060. The molecule has 160 valence electrons. The number of rotatable bonds is 9. The van der Waals surface area contributed by atoms with E-state index >= 15 is 0 Å². The highest BCUT2D eigenvalue weighted by Gasteiger charge is 2.23. The highest BCUT2D eigenvalue weighted by atomic mass is 16.6. The van der Waals surface area contributed by atoms with Crippen molar-refractivity contribution >= 4 is 16.7 Å². The van der Waals surface area contributed by atoms with Crippen molar-refractivity contribution < 1.29 is 19.0 Å². The first-order valence-electron chi connectivity index (χ1n) is 10.9. The molecule has 0 aromatic heterocycles. The van der Waals surface area contributed by atoms with Gasteiger partial charge in [-0.05, 0) is 31.2 Å². The first-order valence-corrected chi connectivity index (χ1v) is 10.9. The molecular weight excluding hydrogens is 388 g/mol. The van der Waals surface area contributed by atoms with Gasteiger partial charge in [0, 0.05) is 34.4 Å². The maximum Gasteiger partial charge on any atom is 0.330 e. The third-order valence-corrected chi connectivity index (χ3v) is 5.65. The van der Waals surface area contributed by atoms with Gasteiger partial charge in [0.05, 0.1) is 6.61 Å². The molecule has 3 aromatic carbocycles. The number of carbonyl (C=O) groups is 1. The largest absolute Gasteiger partial charge is 0.492 e. The Morgan fingerprint density at radius 1 is 0.806 bits per heavy atom. The van der Waals surface area contributed by atoms with Crippen LogP contribution >= 0.6 is 0 Å². The van der Waals surface area contributed by atoms with Crippen LogP contribution in [0.1, 0.15) is 29.5 Å². The number of fused-ring (bicyclic) bond motifs is 2. The molecule has 3 aromatic rings. The SMILES string of the molecule is C=CC(=O)OCCOc1c2c(c(OCCc3ccccc3)c3ccccc13)CCCC2. The van der Waals surface area contributed by atoms with Crippen molar-refractivity contribution in [3.63, 3.8) is 0 Å². The van der Waals surface area contributed by atoms with E-state index in [9.17, 15) is 4.79 Å². The average Bonchev–Trinajstić information content (AvgIpc) is 2.83. The summed E-state index contributed by atoms with van der Waals surface area (Å²) in [6, 6.07) is 18.7. The minimum Gasteiger partial charge on any atom is -0.492 e. The lowest BCUT2D eigenvalue weighted by Gasteiger charge is -2.25. The molecule has 31 heavy (non-hydrogen) atoms. The van der Waals surface area contributed by atoms with Gasteiger partial charge in [0.25, 0.3) is 0 Å². The van der Waals surface area contributed by atoms with Crippen molar-refractivity contribution in [3.05, 3.63) is 83.9 Å². The molecule has 0 aliphatic heterocycles. The maximum atomic E-state index is 11.3. The van der Waals surface area contributed by atoms with E-state index in [0.717, 1.165) is 54.4 Å². The molecule has 0 bridgehead atoms. The van der Waals surface area contributed by atoms with Gasteiger partial charge in [0.2, 0.25) is 0 Å². The van der Waals surface area contributed by atoms with Crippen LogP contribution < -0.4 is 9.47 Å². The molecule has 0 saturated heterocycles. The third kappa shape index (κ3) is 4.91. The van der Waals surface area contributed by atoms with Crippen molar-refractivity contribution in [2.45, 2.75) is 32.1 Å². The smallest absolute Gasteiger partial charge is 0.330 e. The summed E-state index contributed by atoms with van der Waals surface area (Å²) >= 11 is 0. The minimum atomic E-state index is -0.433. The second kappa shape index (κ2) is 10.2. The highest BCUT2D eigenvalue weighted by molar-refractivity contribution is 5.96. The quantitative estimate of drug-likeness (QED) is 0.264. The Balaban J connectivity index is 1.61. The molecule has 4 nitrogen and oxygen atoms in total. The Morgan fingerprint density at radius 3 is 2.00 bits per heavy atom. The lowest BCUT2D eigenvalue weighted by molar-refractivity contribution is -0.138. The van der Waals surface area contributed by atoms with Crippen LogP contribution in [0.25, 0.3) is 10.8 Å². The van der Waals surface area contributed by atoms with E-state index in [2.05, 4.69) is 43.0 Å². The highest BCUT2D eigenvalue weighted by Crippen LogP contribution is 2.44. The zero-order chi connectivity index (χ0) is 21.5. The topological polar surface area (TPSA) is 44.8 Å². The second-order valence-electron chi connectivity index (χ2n) is 7.67. The van der Waals surface area contributed by atoms with Crippen molar-refractivity contribution in [2.24, 2.45) is 0 Å². The predicted molar refractivity (Wildman–Crippen MR) is 123 cm³/mol. The molecule has 0 radical (unpaired) electrons. The van der Waals surface area contributed by atoms with Crippen LogP contribution in [0.3, 0.4) is 0 Å². The third-order valence-electron chi connectivity index (χ3n) is 5.65. The van der Waals surface area contributed by atoms with Crippen molar-refractivity contribution in [1.82, 2.24) is 0 Å². The summed E-state index contributed by atoms with van der Waals surface area (Å²) in [6.07, 6.45) is 6.28. The summed E-state index contributed by atoms with van der Waals surface area (Å²) in [5.41, 5.74) is 3.76. The Kier molecular flexibility index (Phi) is 6.88. The van der Waals surface area contributed by atoms with E-state index in [4.69, 9.17) is 14.2 Å². The number of hydrogen-bond acceptors (Lipinski definition) is 4. The summed E-state index contributed by atoms with van der Waals surface area (Å²) in [4.78, 5) is 11.3. The maximum absolute atomic E-state index is 11.3. The van der Waals surface area contributed by atoms with Crippen LogP contribution in [0.15, 0.2) is 67.3 Å². The summed E-state index contributed by atoms with van der Waals surface area (Å²) < 4.78 is 17.7. The first-order chi connectivity index (χ1) is 15.3. The van der Waals surface area contributed by atoms with E-state index in [1.165, 1.54) is 22.8 Å². The number of benzene rings is 3. The zero-order valence-corrected chi connectivity index (χ0v) is 17.8. The zero-order valence-electron chi connectivity index (χ0n) is 17.8. The van der Waals surface area contributed by atoms with Crippen molar-refractivity contribution in [1.29, 1.82) is 0 Å². The van der Waals surface area contributed by atoms with Crippen molar-refractivity contribution in [2.75, 3.05) is 19.8 Å². The fourth-order valence-electron chi connectivity index (χ4n) is 4.20. The normalized spacial score (nSPS) is 12.8. The van der Waals surface area contributed by atoms with Gasteiger partial charge in [-0.2, -0.15) is 0 Å². The lowest BCUT2D eigenvalue weighted by Crippen LogP contribution is -2.14. The van der Waals surface area contributed by atoms with Crippen LogP contribution in [0.4, 0.5) is 0 Å². The molecule has 1 aliphatic carbocycles. The molecule has 0 unspecified atom stereocenters.